The van der Waals surface area contributed by atoms with Gasteiger partial charge in [0.05, 0.1) is 24.1 Å². The monoisotopic (exact) mass is 304 g/mol. The molecule has 1 aliphatic rings. The molecule has 1 atom stereocenters. The van der Waals surface area contributed by atoms with Crippen LogP contribution in [0.3, 0.4) is 0 Å². The van der Waals surface area contributed by atoms with E-state index in [9.17, 15) is 0 Å². The molecule has 0 saturated heterocycles. The zero-order chi connectivity index (χ0) is 13.8. The van der Waals surface area contributed by atoms with Crippen molar-refractivity contribution in [2.24, 2.45) is 10.7 Å². The van der Waals surface area contributed by atoms with Crippen LogP contribution in [0.2, 0.25) is 0 Å². The van der Waals surface area contributed by atoms with Gasteiger partial charge in [0.15, 0.2) is 0 Å². The molecule has 1 aliphatic heterocycles. The molecule has 1 aromatic carbocycles. The zero-order valence-corrected chi connectivity index (χ0v) is 12.6. The fourth-order valence-corrected chi connectivity index (χ4v) is 4.10. The summed E-state index contributed by atoms with van der Waals surface area (Å²) in [6.07, 6.45) is 0. The fraction of sp³-hybridized carbons (Fsp3) is 0.267. The molecule has 3 rings (SSSR count). The lowest BCUT2D eigenvalue weighted by molar-refractivity contribution is 0.113. The molecule has 20 heavy (non-hydrogen) atoms. The first kappa shape index (κ1) is 13.7. The highest BCUT2D eigenvalue weighted by atomic mass is 32.2. The number of thioether (sulfide) groups is 1. The Morgan fingerprint density at radius 1 is 1.25 bits per heavy atom. The van der Waals surface area contributed by atoms with Gasteiger partial charge in [-0.25, -0.2) is 0 Å². The summed E-state index contributed by atoms with van der Waals surface area (Å²) in [7, 11) is 0. The summed E-state index contributed by atoms with van der Waals surface area (Å²) in [5, 5.41) is 2.06. The van der Waals surface area contributed by atoms with Crippen LogP contribution >= 0.6 is 23.1 Å². The van der Waals surface area contributed by atoms with Crippen molar-refractivity contribution >= 4 is 28.9 Å². The number of rotatable bonds is 4. The van der Waals surface area contributed by atoms with Crippen LogP contribution in [-0.2, 0) is 11.3 Å². The summed E-state index contributed by atoms with van der Waals surface area (Å²) < 4.78 is 5.77. The van der Waals surface area contributed by atoms with Crippen LogP contribution in [0.25, 0.3) is 0 Å². The molecule has 104 valence electrons. The van der Waals surface area contributed by atoms with Crippen LogP contribution in [0.1, 0.15) is 10.4 Å². The van der Waals surface area contributed by atoms with E-state index in [1.165, 1.54) is 10.5 Å². The average molecular weight is 304 g/mol. The summed E-state index contributed by atoms with van der Waals surface area (Å²) in [5.41, 5.74) is 7.24. The van der Waals surface area contributed by atoms with Crippen molar-refractivity contribution < 1.29 is 4.74 Å². The number of amidine groups is 1. The Kier molecular flexibility index (Phi) is 4.40. The summed E-state index contributed by atoms with van der Waals surface area (Å²) in [6, 6.07) is 12.4. The molecule has 5 heteroatoms. The third-order valence-corrected chi connectivity index (χ3v) is 5.31. The largest absolute Gasteiger partial charge is 0.383 e. The van der Waals surface area contributed by atoms with Crippen molar-refractivity contribution in [2.45, 2.75) is 17.5 Å². The second kappa shape index (κ2) is 6.43. The number of ether oxygens (including phenoxy) is 1. The molecule has 0 unspecified atom stereocenters. The summed E-state index contributed by atoms with van der Waals surface area (Å²) in [4.78, 5) is 6.92. The van der Waals surface area contributed by atoms with Crippen LogP contribution in [0.15, 0.2) is 51.7 Å². The van der Waals surface area contributed by atoms with E-state index in [1.807, 2.05) is 30.0 Å². The van der Waals surface area contributed by atoms with E-state index in [2.05, 4.69) is 28.6 Å². The van der Waals surface area contributed by atoms with E-state index in [1.54, 1.807) is 11.3 Å². The van der Waals surface area contributed by atoms with Gasteiger partial charge in [-0.1, -0.05) is 30.3 Å². The highest BCUT2D eigenvalue weighted by molar-refractivity contribution is 7.99. The smallest absolute Gasteiger partial charge is 0.137 e. The molecule has 0 saturated carbocycles. The third-order valence-electron chi connectivity index (χ3n) is 3.04. The average Bonchev–Trinajstić information content (AvgIpc) is 2.89. The first-order valence-electron chi connectivity index (χ1n) is 6.48. The molecule has 0 radical (unpaired) electrons. The molecule has 0 aliphatic carbocycles. The number of thiophene rings is 1. The van der Waals surface area contributed by atoms with Gasteiger partial charge in [0, 0.05) is 10.6 Å². The third kappa shape index (κ3) is 3.23. The Bertz CT molecular complexity index is 595. The molecule has 0 fully saturated rings. The Labute approximate surface area is 126 Å². The second-order valence-corrected chi connectivity index (χ2v) is 6.57. The Hall–Kier alpha value is -1.30. The number of fused-ring (bicyclic) bond motifs is 1. The predicted molar refractivity (Wildman–Crippen MR) is 85.7 cm³/mol. The molecular weight excluding hydrogens is 288 g/mol. The number of aliphatic imine (C=N–C) groups is 1. The Balaban J connectivity index is 1.57. The maximum Gasteiger partial charge on any atom is 0.137 e. The first-order valence-corrected chi connectivity index (χ1v) is 8.35. The molecule has 3 nitrogen and oxygen atoms in total. The van der Waals surface area contributed by atoms with Crippen molar-refractivity contribution in [3.63, 3.8) is 0 Å². The maximum atomic E-state index is 6.06. The molecule has 2 aromatic rings. The van der Waals surface area contributed by atoms with Gasteiger partial charge < -0.3 is 10.5 Å². The van der Waals surface area contributed by atoms with E-state index in [4.69, 9.17) is 10.5 Å². The zero-order valence-electron chi connectivity index (χ0n) is 11.0. The normalized spacial score (nSPS) is 18.2. The van der Waals surface area contributed by atoms with Crippen molar-refractivity contribution in [3.8, 4) is 0 Å². The SMILES string of the molecule is NC1=N[C@@H](COCc2ccccc2)CSc2ccsc21. The van der Waals surface area contributed by atoms with Gasteiger partial charge in [-0.05, 0) is 17.0 Å². The number of nitrogens with two attached hydrogens (primary N) is 1. The van der Waals surface area contributed by atoms with Crippen LogP contribution in [0.5, 0.6) is 0 Å². The quantitative estimate of drug-likeness (QED) is 0.944. The lowest BCUT2D eigenvalue weighted by Gasteiger charge is -2.11. The number of hydrogen-bond donors (Lipinski definition) is 1. The number of nitrogens with zero attached hydrogens (tertiary/aromatic N) is 1. The molecule has 2 heterocycles. The van der Waals surface area contributed by atoms with Gasteiger partial charge in [-0.3, -0.25) is 4.99 Å². The van der Waals surface area contributed by atoms with Gasteiger partial charge in [0.2, 0.25) is 0 Å². The number of hydrogen-bond acceptors (Lipinski definition) is 5. The van der Waals surface area contributed by atoms with Crippen LogP contribution in [0, 0.1) is 0 Å². The van der Waals surface area contributed by atoms with E-state index in [0.717, 1.165) is 10.6 Å². The highest BCUT2D eigenvalue weighted by Gasteiger charge is 2.18. The van der Waals surface area contributed by atoms with Crippen molar-refractivity contribution in [3.05, 3.63) is 52.2 Å². The van der Waals surface area contributed by atoms with E-state index >= 15 is 0 Å². The lowest BCUT2D eigenvalue weighted by atomic mass is 10.2. The van der Waals surface area contributed by atoms with Gasteiger partial charge in [-0.15, -0.1) is 23.1 Å². The molecule has 0 amide bonds. The van der Waals surface area contributed by atoms with Crippen LogP contribution in [0.4, 0.5) is 0 Å². The number of benzene rings is 1. The van der Waals surface area contributed by atoms with Gasteiger partial charge in [0.25, 0.3) is 0 Å². The van der Waals surface area contributed by atoms with Crippen LogP contribution in [-0.4, -0.2) is 24.2 Å². The maximum absolute atomic E-state index is 6.06. The Morgan fingerprint density at radius 3 is 2.95 bits per heavy atom. The minimum absolute atomic E-state index is 0.128. The molecule has 0 bridgehead atoms. The van der Waals surface area contributed by atoms with Crippen molar-refractivity contribution in [1.29, 1.82) is 0 Å². The minimum atomic E-state index is 0.128. The lowest BCUT2D eigenvalue weighted by Crippen LogP contribution is -2.20. The van der Waals surface area contributed by atoms with Crippen molar-refractivity contribution in [2.75, 3.05) is 12.4 Å². The molecule has 0 spiro atoms. The van der Waals surface area contributed by atoms with Gasteiger partial charge in [0.1, 0.15) is 5.84 Å². The second-order valence-electron chi connectivity index (χ2n) is 4.59. The molecular formula is C15H16N2OS2. The topological polar surface area (TPSA) is 47.6 Å². The van der Waals surface area contributed by atoms with E-state index < -0.39 is 0 Å². The molecule has 1 aromatic heterocycles. The fourth-order valence-electron chi connectivity index (χ4n) is 2.05. The van der Waals surface area contributed by atoms with E-state index in [-0.39, 0.29) is 6.04 Å². The van der Waals surface area contributed by atoms with E-state index in [0.29, 0.717) is 19.0 Å². The van der Waals surface area contributed by atoms with Crippen LogP contribution < -0.4 is 5.73 Å². The Morgan fingerprint density at radius 2 is 2.10 bits per heavy atom. The minimum Gasteiger partial charge on any atom is -0.383 e. The van der Waals surface area contributed by atoms with Gasteiger partial charge in [-0.2, -0.15) is 0 Å². The summed E-state index contributed by atoms with van der Waals surface area (Å²) >= 11 is 3.46. The predicted octanol–water partition coefficient (Wildman–Crippen LogP) is 3.14. The molecule has 2 N–H and O–H groups in total. The first-order chi connectivity index (χ1) is 9.83. The van der Waals surface area contributed by atoms with Gasteiger partial charge >= 0.3 is 0 Å². The summed E-state index contributed by atoms with van der Waals surface area (Å²) in [6.45, 7) is 1.23. The van der Waals surface area contributed by atoms with Crippen molar-refractivity contribution in [1.82, 2.24) is 0 Å². The highest BCUT2D eigenvalue weighted by Crippen LogP contribution is 2.30. The summed E-state index contributed by atoms with van der Waals surface area (Å²) in [5.74, 6) is 1.56. The standard InChI is InChI=1S/C15H16N2OS2/c16-15-14-13(6-7-19-14)20-10-12(17-15)9-18-8-11-4-2-1-3-5-11/h1-7,12H,8-10H2,(H2,16,17)/t12-/m0/s1.